The summed E-state index contributed by atoms with van der Waals surface area (Å²) in [7, 11) is 0. The molecule has 8 nitrogen and oxygen atoms in total. The average Bonchev–Trinajstić information content (AvgIpc) is 3.38. The Morgan fingerprint density at radius 3 is 2.90 bits per heavy atom. The number of nitrogens with zero attached hydrogens (tertiary/aromatic N) is 4. The lowest BCUT2D eigenvalue weighted by atomic mass is 10.1. The Labute approximate surface area is 184 Å². The zero-order valence-corrected chi connectivity index (χ0v) is 17.9. The van der Waals surface area contributed by atoms with Crippen molar-refractivity contribution >= 4 is 66.8 Å². The molecular weight excluding hydrogens is 496 g/mol. The molecule has 0 saturated carbocycles. The maximum Gasteiger partial charge on any atom is 0.288 e. The molecule has 0 aliphatic rings. The van der Waals surface area contributed by atoms with Crippen molar-refractivity contribution in [1.82, 2.24) is 14.4 Å². The average molecular weight is 504 g/mol. The van der Waals surface area contributed by atoms with Gasteiger partial charge in [-0.3, -0.25) is 14.9 Å². The number of benzene rings is 1. The topological polar surface area (TPSA) is 104 Å². The summed E-state index contributed by atoms with van der Waals surface area (Å²) in [5.41, 5.74) is 1.18. The normalized spacial score (nSPS) is 12.3. The van der Waals surface area contributed by atoms with E-state index in [0.717, 1.165) is 4.47 Å². The van der Waals surface area contributed by atoms with Gasteiger partial charge in [-0.15, -0.1) is 0 Å². The first-order valence-corrected chi connectivity index (χ1v) is 10.4. The van der Waals surface area contributed by atoms with E-state index < -0.39 is 4.92 Å². The molecular formula is C19H8BrClN4O4S. The molecule has 0 N–H and O–H groups in total. The summed E-state index contributed by atoms with van der Waals surface area (Å²) < 4.78 is 8.46. The summed E-state index contributed by atoms with van der Waals surface area (Å²) in [6.07, 6.45) is 3.22. The Kier molecular flexibility index (Phi) is 4.42. The lowest BCUT2D eigenvalue weighted by molar-refractivity contribution is -0.384. The monoisotopic (exact) mass is 502 g/mol. The van der Waals surface area contributed by atoms with E-state index in [-0.39, 0.29) is 16.3 Å². The molecule has 0 amide bonds. The molecule has 0 spiro atoms. The molecule has 5 aromatic rings. The van der Waals surface area contributed by atoms with E-state index in [1.165, 1.54) is 27.9 Å². The van der Waals surface area contributed by atoms with Crippen molar-refractivity contribution in [3.8, 4) is 11.3 Å². The molecule has 0 atom stereocenters. The van der Waals surface area contributed by atoms with Gasteiger partial charge in [-0.1, -0.05) is 22.9 Å². The van der Waals surface area contributed by atoms with Crippen LogP contribution in [0.1, 0.15) is 5.76 Å². The number of hydrogen-bond donors (Lipinski definition) is 0. The number of furan rings is 1. The van der Waals surface area contributed by atoms with Crippen molar-refractivity contribution in [2.24, 2.45) is 0 Å². The SMILES string of the molecule is O=c1c(=Cc2ccc(-c3ccc(Cl)c([N+](=O)[O-])c3)o2)sc2nc3cc(Br)cnc3n12. The molecule has 0 bridgehead atoms. The molecule has 5 rings (SSSR count). The van der Waals surface area contributed by atoms with E-state index in [2.05, 4.69) is 25.9 Å². The number of fused-ring (bicyclic) bond motifs is 3. The Bertz CT molecular complexity index is 1590. The van der Waals surface area contributed by atoms with Crippen LogP contribution in [0.4, 0.5) is 5.69 Å². The van der Waals surface area contributed by atoms with Crippen LogP contribution in [0.15, 0.2) is 56.3 Å². The van der Waals surface area contributed by atoms with Crippen molar-refractivity contribution < 1.29 is 9.34 Å². The van der Waals surface area contributed by atoms with Crippen molar-refractivity contribution in [2.45, 2.75) is 0 Å². The highest BCUT2D eigenvalue weighted by Gasteiger charge is 2.16. The summed E-state index contributed by atoms with van der Waals surface area (Å²) in [6.45, 7) is 0. The third-order valence-corrected chi connectivity index (χ3v) is 6.10. The second-order valence-electron chi connectivity index (χ2n) is 6.27. The van der Waals surface area contributed by atoms with Crippen LogP contribution in [-0.2, 0) is 0 Å². The van der Waals surface area contributed by atoms with Gasteiger partial charge in [0.25, 0.3) is 11.2 Å². The molecule has 1 aromatic carbocycles. The molecule has 11 heteroatoms. The maximum absolute atomic E-state index is 12.8. The van der Waals surface area contributed by atoms with E-state index in [1.807, 2.05) is 0 Å². The Balaban J connectivity index is 1.58. The predicted molar refractivity (Wildman–Crippen MR) is 117 cm³/mol. The van der Waals surface area contributed by atoms with Crippen LogP contribution < -0.4 is 10.1 Å². The number of rotatable bonds is 3. The maximum atomic E-state index is 12.8. The molecule has 0 fully saturated rings. The minimum absolute atomic E-state index is 0.0490. The highest BCUT2D eigenvalue weighted by molar-refractivity contribution is 9.10. The van der Waals surface area contributed by atoms with E-state index in [9.17, 15) is 14.9 Å². The van der Waals surface area contributed by atoms with Crippen LogP contribution in [-0.4, -0.2) is 19.3 Å². The van der Waals surface area contributed by atoms with E-state index in [1.54, 1.807) is 36.5 Å². The Morgan fingerprint density at radius 2 is 2.10 bits per heavy atom. The van der Waals surface area contributed by atoms with E-state index in [0.29, 0.717) is 37.7 Å². The highest BCUT2D eigenvalue weighted by Crippen LogP contribution is 2.31. The van der Waals surface area contributed by atoms with Crippen molar-refractivity contribution in [3.05, 3.63) is 82.9 Å². The number of nitro benzene ring substituents is 1. The van der Waals surface area contributed by atoms with Crippen LogP contribution in [0.3, 0.4) is 0 Å². The number of hydrogen-bond acceptors (Lipinski definition) is 7. The van der Waals surface area contributed by atoms with Gasteiger partial charge in [0.1, 0.15) is 26.6 Å². The van der Waals surface area contributed by atoms with Crippen LogP contribution in [0.2, 0.25) is 5.02 Å². The number of aromatic nitrogens is 3. The zero-order valence-electron chi connectivity index (χ0n) is 14.7. The molecule has 0 saturated heterocycles. The molecule has 0 radical (unpaired) electrons. The minimum atomic E-state index is -0.552. The van der Waals surface area contributed by atoms with E-state index >= 15 is 0 Å². The van der Waals surface area contributed by atoms with Crippen LogP contribution in [0, 0.1) is 10.1 Å². The second kappa shape index (κ2) is 7.01. The van der Waals surface area contributed by atoms with Gasteiger partial charge in [0.2, 0.25) is 0 Å². The van der Waals surface area contributed by atoms with Gasteiger partial charge in [-0.2, -0.15) is 0 Å². The summed E-state index contributed by atoms with van der Waals surface area (Å²) in [5, 5.41) is 11.1. The largest absolute Gasteiger partial charge is 0.457 e. The number of nitro groups is 1. The molecule has 30 heavy (non-hydrogen) atoms. The third kappa shape index (κ3) is 3.09. The quantitative estimate of drug-likeness (QED) is 0.266. The standard InChI is InChI=1S/C19H8BrClN4O4S/c20-10-6-13-17(22-8-10)24-18(26)16(30-19(24)23-13)7-11-2-4-15(29-11)9-1-3-12(21)14(5-9)25(27)28/h1-8H. The van der Waals surface area contributed by atoms with Gasteiger partial charge in [-0.05, 0) is 46.3 Å². The first kappa shape index (κ1) is 18.9. The lowest BCUT2D eigenvalue weighted by Gasteiger charge is -1.99. The first-order valence-electron chi connectivity index (χ1n) is 8.43. The van der Waals surface area contributed by atoms with E-state index in [4.69, 9.17) is 16.0 Å². The summed E-state index contributed by atoms with van der Waals surface area (Å²) >= 11 is 10.4. The third-order valence-electron chi connectivity index (χ3n) is 4.38. The fourth-order valence-electron chi connectivity index (χ4n) is 3.04. The van der Waals surface area contributed by atoms with Crippen LogP contribution in [0.5, 0.6) is 0 Å². The van der Waals surface area contributed by atoms with Gasteiger partial charge in [-0.25, -0.2) is 14.4 Å². The molecule has 4 aromatic heterocycles. The fourth-order valence-corrected chi connectivity index (χ4v) is 4.50. The molecule has 0 aliphatic carbocycles. The summed E-state index contributed by atoms with van der Waals surface area (Å²) in [6, 6.07) is 9.59. The van der Waals surface area contributed by atoms with Crippen molar-refractivity contribution in [2.75, 3.05) is 0 Å². The first-order chi connectivity index (χ1) is 14.4. The molecule has 4 heterocycles. The Morgan fingerprint density at radius 1 is 1.27 bits per heavy atom. The number of thiazole rings is 1. The summed E-state index contributed by atoms with van der Waals surface area (Å²) in [5.74, 6) is 0.857. The smallest absolute Gasteiger partial charge is 0.288 e. The van der Waals surface area contributed by atoms with Crippen LogP contribution >= 0.6 is 38.9 Å². The highest BCUT2D eigenvalue weighted by atomic mass is 79.9. The Hall–Kier alpha value is -3.08. The van der Waals surface area contributed by atoms with Crippen molar-refractivity contribution in [3.63, 3.8) is 0 Å². The lowest BCUT2D eigenvalue weighted by Crippen LogP contribution is -2.22. The molecule has 0 aliphatic heterocycles. The van der Waals surface area contributed by atoms with Crippen molar-refractivity contribution in [1.29, 1.82) is 0 Å². The van der Waals surface area contributed by atoms with Gasteiger partial charge >= 0.3 is 0 Å². The van der Waals surface area contributed by atoms with Gasteiger partial charge in [0.15, 0.2) is 10.6 Å². The number of imidazole rings is 1. The van der Waals surface area contributed by atoms with Gasteiger partial charge in [0.05, 0.1) is 4.92 Å². The predicted octanol–water partition coefficient (Wildman–Crippen LogP) is 4.44. The number of halogens is 2. The molecule has 0 unspecified atom stereocenters. The second-order valence-corrected chi connectivity index (χ2v) is 8.60. The van der Waals surface area contributed by atoms with Gasteiger partial charge < -0.3 is 4.42 Å². The molecule has 148 valence electrons. The number of pyridine rings is 1. The fraction of sp³-hybridized carbons (Fsp3) is 0. The van der Waals surface area contributed by atoms with Crippen LogP contribution in [0.25, 0.3) is 33.5 Å². The zero-order chi connectivity index (χ0) is 21.0. The minimum Gasteiger partial charge on any atom is -0.457 e. The van der Waals surface area contributed by atoms with Gasteiger partial charge in [0, 0.05) is 28.4 Å². The summed E-state index contributed by atoms with van der Waals surface area (Å²) in [4.78, 5) is 32.7.